The first kappa shape index (κ1) is 10.2. The smallest absolute Gasteiger partial charge is 0.541 e. The quantitative estimate of drug-likeness (QED) is 0.425. The molecule has 10 heavy (non-hydrogen) atoms. The number of carboxylic acid groups (broad SMARTS) is 1. The second-order valence-electron chi connectivity index (χ2n) is 1.53. The monoisotopic (exact) mass is 165 g/mol. The molecule has 0 saturated carbocycles. The minimum atomic E-state index is -1.36. The number of H-pyrrole nitrogens is 1. The maximum atomic E-state index is 9.96. The van der Waals surface area contributed by atoms with Gasteiger partial charge in [0.2, 0.25) is 0 Å². The minimum Gasteiger partial charge on any atom is -0.541 e. The molecule has 0 radical (unpaired) electrons. The van der Waals surface area contributed by atoms with Gasteiger partial charge in [-0.15, -0.1) is 0 Å². The Hall–Kier alpha value is 0.246. The van der Waals surface area contributed by atoms with Gasteiger partial charge in [-0.2, -0.15) is 5.10 Å². The fraction of sp³-hybridized carbons (Fsp3) is 0.250. The molecule has 0 aliphatic carbocycles. The minimum absolute atomic E-state index is 0. The maximum Gasteiger partial charge on any atom is 1.00 e. The molecule has 1 N–H and O–H groups in total. The molecule has 48 valence electrons. The Kier molecular flexibility index (Phi) is 4.30. The predicted octanol–water partition coefficient (Wildman–Crippen LogP) is -4.52. The van der Waals surface area contributed by atoms with Crippen molar-refractivity contribution in [3.8, 4) is 0 Å². The largest absolute Gasteiger partial charge is 1.00 e. The predicted molar refractivity (Wildman–Crippen MR) is 25.5 cm³/mol. The molecular weight excluding hydrogens is 161 g/mol. The van der Waals surface area contributed by atoms with Gasteiger partial charge in [-0.1, -0.05) is 0 Å². The standard InChI is InChI=1S/C4H5N3O2.K/c1-2-5-3(4(8)9)7-6-2;/h1H3,(H,8,9)(H,5,6,7);/q;+1/p-1. The van der Waals surface area contributed by atoms with Gasteiger partial charge in [0.25, 0.3) is 0 Å². The Bertz CT molecular complexity index is 234. The molecule has 1 aromatic rings. The van der Waals surface area contributed by atoms with E-state index < -0.39 is 5.97 Å². The van der Waals surface area contributed by atoms with Crippen LogP contribution < -0.4 is 56.5 Å². The Morgan fingerprint density at radius 3 is 2.50 bits per heavy atom. The van der Waals surface area contributed by atoms with Gasteiger partial charge in [0, 0.05) is 0 Å². The molecule has 0 unspecified atom stereocenters. The fourth-order valence-electron chi connectivity index (χ4n) is 0.434. The first-order valence-corrected chi connectivity index (χ1v) is 2.30. The summed E-state index contributed by atoms with van der Waals surface area (Å²) in [5.41, 5.74) is 0. The molecule has 0 saturated heterocycles. The van der Waals surface area contributed by atoms with Gasteiger partial charge in [-0.25, -0.2) is 4.98 Å². The van der Waals surface area contributed by atoms with E-state index in [1.807, 2.05) is 0 Å². The third-order valence-corrected chi connectivity index (χ3v) is 0.780. The molecule has 5 nitrogen and oxygen atoms in total. The van der Waals surface area contributed by atoms with Crippen molar-refractivity contribution < 1.29 is 61.3 Å². The maximum absolute atomic E-state index is 9.96. The average Bonchev–Trinajstić information content (AvgIpc) is 2.14. The summed E-state index contributed by atoms with van der Waals surface area (Å²) in [6, 6.07) is 0. The van der Waals surface area contributed by atoms with Crippen LogP contribution in [0.5, 0.6) is 0 Å². The third kappa shape index (κ3) is 2.47. The van der Waals surface area contributed by atoms with Crippen LogP contribution in [0.2, 0.25) is 0 Å². The second kappa shape index (κ2) is 4.19. The molecule has 0 aliphatic rings. The summed E-state index contributed by atoms with van der Waals surface area (Å²) in [7, 11) is 0. The normalized spacial score (nSPS) is 8.50. The van der Waals surface area contributed by atoms with Crippen LogP contribution in [0.15, 0.2) is 0 Å². The van der Waals surface area contributed by atoms with E-state index in [1.54, 1.807) is 6.92 Å². The van der Waals surface area contributed by atoms with E-state index in [9.17, 15) is 9.90 Å². The zero-order valence-electron chi connectivity index (χ0n) is 5.71. The number of carbonyl (C=O) groups excluding carboxylic acids is 1. The van der Waals surface area contributed by atoms with E-state index in [0.29, 0.717) is 5.82 Å². The van der Waals surface area contributed by atoms with Crippen molar-refractivity contribution in [1.29, 1.82) is 0 Å². The summed E-state index contributed by atoms with van der Waals surface area (Å²) < 4.78 is 0. The number of hydrogen-bond acceptors (Lipinski definition) is 4. The molecule has 1 rings (SSSR count). The van der Waals surface area contributed by atoms with Crippen molar-refractivity contribution in [1.82, 2.24) is 15.2 Å². The topological polar surface area (TPSA) is 81.7 Å². The summed E-state index contributed by atoms with van der Waals surface area (Å²) in [6.45, 7) is 1.61. The van der Waals surface area contributed by atoms with E-state index in [2.05, 4.69) is 15.2 Å². The van der Waals surface area contributed by atoms with Crippen molar-refractivity contribution in [3.63, 3.8) is 0 Å². The first-order chi connectivity index (χ1) is 4.20. The SMILES string of the molecule is Cc1nc(C(=O)[O-])n[nH]1.[K+]. The van der Waals surface area contributed by atoms with Crippen LogP contribution in [0, 0.1) is 6.92 Å². The number of nitrogens with zero attached hydrogens (tertiary/aromatic N) is 2. The zero-order chi connectivity index (χ0) is 6.85. The van der Waals surface area contributed by atoms with Crippen molar-refractivity contribution in [2.45, 2.75) is 6.92 Å². The molecule has 0 aromatic carbocycles. The number of aromatic amines is 1. The number of aromatic nitrogens is 3. The summed E-state index contributed by atoms with van der Waals surface area (Å²) >= 11 is 0. The van der Waals surface area contributed by atoms with Crippen molar-refractivity contribution >= 4 is 5.97 Å². The Morgan fingerprint density at radius 1 is 1.70 bits per heavy atom. The fourth-order valence-corrected chi connectivity index (χ4v) is 0.434. The number of carboxylic acids is 1. The van der Waals surface area contributed by atoms with Gasteiger partial charge in [0.15, 0.2) is 5.82 Å². The van der Waals surface area contributed by atoms with E-state index in [1.165, 1.54) is 0 Å². The van der Waals surface area contributed by atoms with Crippen LogP contribution in [0.1, 0.15) is 16.4 Å². The molecule has 0 amide bonds. The number of carbonyl (C=O) groups is 1. The van der Waals surface area contributed by atoms with Gasteiger partial charge in [0.05, 0.1) is 0 Å². The van der Waals surface area contributed by atoms with Crippen molar-refractivity contribution in [2.24, 2.45) is 0 Å². The third-order valence-electron chi connectivity index (χ3n) is 0.780. The average molecular weight is 165 g/mol. The van der Waals surface area contributed by atoms with E-state index in [4.69, 9.17) is 0 Å². The number of nitrogens with one attached hydrogen (secondary N) is 1. The number of aromatic carboxylic acids is 1. The van der Waals surface area contributed by atoms with Gasteiger partial charge in [-0.3, -0.25) is 5.10 Å². The molecule has 0 spiro atoms. The number of hydrogen-bond donors (Lipinski definition) is 1. The zero-order valence-corrected chi connectivity index (χ0v) is 8.83. The van der Waals surface area contributed by atoms with Gasteiger partial charge in [-0.05, 0) is 6.92 Å². The molecule has 0 atom stereocenters. The van der Waals surface area contributed by atoms with Crippen LogP contribution in [-0.4, -0.2) is 21.2 Å². The van der Waals surface area contributed by atoms with Crippen LogP contribution in [-0.2, 0) is 0 Å². The molecule has 1 aromatic heterocycles. The van der Waals surface area contributed by atoms with Crippen molar-refractivity contribution in [3.05, 3.63) is 11.6 Å². The summed E-state index contributed by atoms with van der Waals surface area (Å²) in [5.74, 6) is -1.19. The van der Waals surface area contributed by atoms with Crippen LogP contribution in [0.3, 0.4) is 0 Å². The molecule has 6 heteroatoms. The molecule has 1 heterocycles. The van der Waals surface area contributed by atoms with Crippen LogP contribution in [0.25, 0.3) is 0 Å². The molecule has 0 aliphatic heterocycles. The van der Waals surface area contributed by atoms with Crippen molar-refractivity contribution in [2.75, 3.05) is 0 Å². The van der Waals surface area contributed by atoms with Crippen LogP contribution >= 0.6 is 0 Å². The second-order valence-corrected chi connectivity index (χ2v) is 1.53. The Labute approximate surface area is 99.7 Å². The summed E-state index contributed by atoms with van der Waals surface area (Å²) in [4.78, 5) is 13.4. The Morgan fingerprint density at radius 2 is 2.30 bits per heavy atom. The summed E-state index contributed by atoms with van der Waals surface area (Å²) in [6.07, 6.45) is 0. The van der Waals surface area contributed by atoms with E-state index >= 15 is 0 Å². The summed E-state index contributed by atoms with van der Waals surface area (Å²) in [5, 5.41) is 15.6. The first-order valence-electron chi connectivity index (χ1n) is 2.30. The molecular formula is C4H4KN3O2. The van der Waals surface area contributed by atoms with E-state index in [-0.39, 0.29) is 57.2 Å². The number of rotatable bonds is 1. The van der Waals surface area contributed by atoms with Gasteiger partial charge < -0.3 is 9.90 Å². The van der Waals surface area contributed by atoms with Gasteiger partial charge in [0.1, 0.15) is 11.8 Å². The molecule has 0 bridgehead atoms. The Balaban J connectivity index is 0.000000810. The van der Waals surface area contributed by atoms with E-state index in [0.717, 1.165) is 0 Å². The van der Waals surface area contributed by atoms with Crippen LogP contribution in [0.4, 0.5) is 0 Å². The van der Waals surface area contributed by atoms with Gasteiger partial charge >= 0.3 is 51.4 Å². The molecule has 0 fully saturated rings. The number of aryl methyl sites for hydroxylation is 1.